The number of hydrogen-bond donors (Lipinski definition) is 1. The van der Waals surface area contributed by atoms with Gasteiger partial charge < -0.3 is 14.4 Å². The monoisotopic (exact) mass is 263 g/mol. The zero-order valence-corrected chi connectivity index (χ0v) is 10.1. The lowest BCUT2D eigenvalue weighted by Gasteiger charge is -2.08. The van der Waals surface area contributed by atoms with Crippen molar-refractivity contribution in [1.82, 2.24) is 9.55 Å². The average molecular weight is 263 g/mol. The molecule has 0 spiro atoms. The highest BCUT2D eigenvalue weighted by molar-refractivity contribution is 5.48. The zero-order valence-electron chi connectivity index (χ0n) is 10.1. The van der Waals surface area contributed by atoms with E-state index in [4.69, 9.17) is 9.84 Å². The van der Waals surface area contributed by atoms with E-state index in [2.05, 4.69) is 4.98 Å². The summed E-state index contributed by atoms with van der Waals surface area (Å²) in [6.07, 6.45) is 5.08. The second-order valence-corrected chi connectivity index (χ2v) is 3.87. The van der Waals surface area contributed by atoms with Gasteiger partial charge in [0.15, 0.2) is 5.75 Å². The fourth-order valence-corrected chi connectivity index (χ4v) is 1.61. The molecule has 0 bridgehead atoms. The fourth-order valence-electron chi connectivity index (χ4n) is 1.61. The number of benzene rings is 1. The van der Waals surface area contributed by atoms with Crippen LogP contribution in [-0.4, -0.2) is 26.2 Å². The van der Waals surface area contributed by atoms with Gasteiger partial charge in [0.25, 0.3) is 0 Å². The standard InChI is InChI=1S/C12H13N3O4/c16-8-10-1-2-12(11(7-10)15(17)18)19-6-5-14-4-3-13-9-14/h1-4,7,9,16H,5-6,8H2. The number of nitrogens with zero attached hydrogens (tertiary/aromatic N) is 3. The molecule has 0 aliphatic heterocycles. The van der Waals surface area contributed by atoms with Crippen LogP contribution in [-0.2, 0) is 13.2 Å². The van der Waals surface area contributed by atoms with E-state index < -0.39 is 4.92 Å². The Morgan fingerprint density at radius 3 is 2.95 bits per heavy atom. The first-order chi connectivity index (χ1) is 9.20. The predicted octanol–water partition coefficient (Wildman–Crippen LogP) is 1.36. The molecule has 0 fully saturated rings. The fraction of sp³-hybridized carbons (Fsp3) is 0.250. The Labute approximate surface area is 109 Å². The molecule has 100 valence electrons. The Kier molecular flexibility index (Phi) is 4.09. The van der Waals surface area contributed by atoms with Gasteiger partial charge in [-0.25, -0.2) is 4.98 Å². The van der Waals surface area contributed by atoms with Crippen LogP contribution in [0.5, 0.6) is 5.75 Å². The molecule has 19 heavy (non-hydrogen) atoms. The van der Waals surface area contributed by atoms with Crippen LogP contribution in [0.4, 0.5) is 5.69 Å². The van der Waals surface area contributed by atoms with Crippen LogP contribution in [0.25, 0.3) is 0 Å². The van der Waals surface area contributed by atoms with E-state index in [9.17, 15) is 10.1 Å². The largest absolute Gasteiger partial charge is 0.485 e. The van der Waals surface area contributed by atoms with Crippen molar-refractivity contribution in [3.8, 4) is 5.75 Å². The van der Waals surface area contributed by atoms with Crippen LogP contribution in [0.3, 0.4) is 0 Å². The summed E-state index contributed by atoms with van der Waals surface area (Å²) >= 11 is 0. The van der Waals surface area contributed by atoms with Gasteiger partial charge in [0.2, 0.25) is 0 Å². The predicted molar refractivity (Wildman–Crippen MR) is 66.7 cm³/mol. The van der Waals surface area contributed by atoms with E-state index in [1.54, 1.807) is 24.8 Å². The molecule has 2 rings (SSSR count). The first-order valence-electron chi connectivity index (χ1n) is 5.67. The van der Waals surface area contributed by atoms with Crippen LogP contribution >= 0.6 is 0 Å². The number of ether oxygens (including phenoxy) is 1. The number of aliphatic hydroxyl groups excluding tert-OH is 1. The molecular weight excluding hydrogens is 250 g/mol. The van der Waals surface area contributed by atoms with E-state index in [1.807, 2.05) is 4.57 Å². The van der Waals surface area contributed by atoms with Crippen LogP contribution in [0.15, 0.2) is 36.9 Å². The van der Waals surface area contributed by atoms with Crippen LogP contribution < -0.4 is 4.74 Å². The van der Waals surface area contributed by atoms with E-state index >= 15 is 0 Å². The maximum Gasteiger partial charge on any atom is 0.311 e. The number of imidazole rings is 1. The highest BCUT2D eigenvalue weighted by Crippen LogP contribution is 2.27. The first kappa shape index (κ1) is 13.0. The maximum atomic E-state index is 10.9. The third kappa shape index (κ3) is 3.29. The van der Waals surface area contributed by atoms with E-state index in [1.165, 1.54) is 12.1 Å². The molecule has 0 unspecified atom stereocenters. The molecule has 0 aliphatic rings. The van der Waals surface area contributed by atoms with Crippen LogP contribution in [0.1, 0.15) is 5.56 Å². The minimum Gasteiger partial charge on any atom is -0.485 e. The molecule has 1 aromatic carbocycles. The van der Waals surface area contributed by atoms with Crippen molar-refractivity contribution in [2.24, 2.45) is 0 Å². The quantitative estimate of drug-likeness (QED) is 0.627. The molecule has 0 aliphatic carbocycles. The van der Waals surface area contributed by atoms with Gasteiger partial charge in [-0.3, -0.25) is 10.1 Å². The van der Waals surface area contributed by atoms with Gasteiger partial charge in [0.05, 0.1) is 24.4 Å². The minimum atomic E-state index is -0.522. The second kappa shape index (κ2) is 5.96. The van der Waals surface area contributed by atoms with Crippen molar-refractivity contribution in [2.75, 3.05) is 6.61 Å². The summed E-state index contributed by atoms with van der Waals surface area (Å²) in [5.41, 5.74) is 0.339. The lowest BCUT2D eigenvalue weighted by atomic mass is 10.2. The molecule has 1 heterocycles. The molecule has 0 amide bonds. The molecule has 2 aromatic rings. The van der Waals surface area contributed by atoms with Crippen LogP contribution in [0.2, 0.25) is 0 Å². The number of nitro groups is 1. The lowest BCUT2D eigenvalue weighted by Crippen LogP contribution is -2.07. The second-order valence-electron chi connectivity index (χ2n) is 3.87. The van der Waals surface area contributed by atoms with Gasteiger partial charge >= 0.3 is 5.69 Å². The van der Waals surface area contributed by atoms with Crippen molar-refractivity contribution < 1.29 is 14.8 Å². The average Bonchev–Trinajstić information content (AvgIpc) is 2.92. The number of nitro benzene ring substituents is 1. The zero-order chi connectivity index (χ0) is 13.7. The Bertz CT molecular complexity index is 554. The molecule has 7 nitrogen and oxygen atoms in total. The molecule has 1 N–H and O–H groups in total. The first-order valence-corrected chi connectivity index (χ1v) is 5.67. The molecule has 0 saturated heterocycles. The number of hydrogen-bond acceptors (Lipinski definition) is 5. The molecule has 0 atom stereocenters. The molecule has 0 radical (unpaired) electrons. The third-order valence-corrected chi connectivity index (χ3v) is 2.57. The topological polar surface area (TPSA) is 90.4 Å². The summed E-state index contributed by atoms with van der Waals surface area (Å²) in [4.78, 5) is 14.3. The molecule has 1 aromatic heterocycles. The summed E-state index contributed by atoms with van der Waals surface area (Å²) in [6, 6.07) is 4.41. The van der Waals surface area contributed by atoms with E-state index in [0.29, 0.717) is 18.7 Å². The molecular formula is C12H13N3O4. The van der Waals surface area contributed by atoms with E-state index in [0.717, 1.165) is 0 Å². The number of aromatic nitrogens is 2. The third-order valence-electron chi connectivity index (χ3n) is 2.57. The Hall–Kier alpha value is -2.41. The SMILES string of the molecule is O=[N+]([O-])c1cc(CO)ccc1OCCn1ccnc1. The highest BCUT2D eigenvalue weighted by atomic mass is 16.6. The van der Waals surface area contributed by atoms with Crippen molar-refractivity contribution in [1.29, 1.82) is 0 Å². The lowest BCUT2D eigenvalue weighted by molar-refractivity contribution is -0.386. The van der Waals surface area contributed by atoms with Crippen LogP contribution in [0, 0.1) is 10.1 Å². The van der Waals surface area contributed by atoms with Crippen molar-refractivity contribution in [2.45, 2.75) is 13.2 Å². The van der Waals surface area contributed by atoms with Crippen molar-refractivity contribution in [3.63, 3.8) is 0 Å². The number of aliphatic hydroxyl groups is 1. The van der Waals surface area contributed by atoms with Gasteiger partial charge in [0, 0.05) is 18.5 Å². The summed E-state index contributed by atoms with van der Waals surface area (Å²) in [7, 11) is 0. The Balaban J connectivity index is 2.04. The van der Waals surface area contributed by atoms with Crippen molar-refractivity contribution in [3.05, 3.63) is 52.6 Å². The summed E-state index contributed by atoms with van der Waals surface area (Å²) < 4.78 is 7.21. The smallest absolute Gasteiger partial charge is 0.311 e. The minimum absolute atomic E-state index is 0.141. The van der Waals surface area contributed by atoms with E-state index in [-0.39, 0.29) is 18.0 Å². The van der Waals surface area contributed by atoms with Crippen molar-refractivity contribution >= 4 is 5.69 Å². The number of rotatable bonds is 6. The van der Waals surface area contributed by atoms with Gasteiger partial charge in [0.1, 0.15) is 6.61 Å². The van der Waals surface area contributed by atoms with Gasteiger partial charge in [-0.2, -0.15) is 0 Å². The summed E-state index contributed by atoms with van der Waals surface area (Å²) in [6.45, 7) is 0.616. The maximum absolute atomic E-state index is 10.9. The summed E-state index contributed by atoms with van der Waals surface area (Å²) in [5, 5.41) is 19.9. The Morgan fingerprint density at radius 1 is 1.47 bits per heavy atom. The Morgan fingerprint density at radius 2 is 2.32 bits per heavy atom. The highest BCUT2D eigenvalue weighted by Gasteiger charge is 2.15. The molecule has 7 heteroatoms. The summed E-state index contributed by atoms with van der Waals surface area (Å²) in [5.74, 6) is 0.197. The normalized spacial score (nSPS) is 10.4. The van der Waals surface area contributed by atoms with Gasteiger partial charge in [-0.1, -0.05) is 6.07 Å². The molecule has 0 saturated carbocycles. The van der Waals surface area contributed by atoms with Gasteiger partial charge in [-0.05, 0) is 11.6 Å². The van der Waals surface area contributed by atoms with Gasteiger partial charge in [-0.15, -0.1) is 0 Å².